The summed E-state index contributed by atoms with van der Waals surface area (Å²) in [5.74, 6) is -1.03. The highest BCUT2D eigenvalue weighted by molar-refractivity contribution is 6.02. The molecule has 2 N–H and O–H groups in total. The summed E-state index contributed by atoms with van der Waals surface area (Å²) in [5, 5.41) is 11.6. The molecule has 2 amide bonds. The molecule has 0 aromatic heterocycles. The third-order valence-corrected chi connectivity index (χ3v) is 3.05. The van der Waals surface area contributed by atoms with E-state index >= 15 is 0 Å². The maximum absolute atomic E-state index is 12.2. The molecule has 0 saturated heterocycles. The number of nitrogens with one attached hydrogen (secondary N) is 1. The van der Waals surface area contributed by atoms with E-state index in [2.05, 4.69) is 5.32 Å². The molecule has 0 aliphatic rings. The van der Waals surface area contributed by atoms with E-state index in [9.17, 15) is 9.59 Å². The second-order valence-corrected chi connectivity index (χ2v) is 4.71. The summed E-state index contributed by atoms with van der Waals surface area (Å²) in [6, 6.07) is 13.4. The molecule has 0 saturated carbocycles. The van der Waals surface area contributed by atoms with E-state index in [0.29, 0.717) is 5.69 Å². The first-order valence-corrected chi connectivity index (χ1v) is 6.42. The molecule has 0 spiro atoms. The van der Waals surface area contributed by atoms with E-state index in [1.54, 1.807) is 19.2 Å². The zero-order chi connectivity index (χ0) is 15.4. The molecule has 108 valence electrons. The minimum Gasteiger partial charge on any atom is -0.478 e. The van der Waals surface area contributed by atoms with Gasteiger partial charge in [0.05, 0.1) is 5.56 Å². The monoisotopic (exact) mass is 284 g/mol. The lowest BCUT2D eigenvalue weighted by Crippen LogP contribution is -2.31. The molecule has 2 aromatic rings. The summed E-state index contributed by atoms with van der Waals surface area (Å²) in [4.78, 5) is 24.6. The molecule has 0 atom stereocenters. The van der Waals surface area contributed by atoms with Crippen molar-refractivity contribution in [3.63, 3.8) is 0 Å². The lowest BCUT2D eigenvalue weighted by atomic mass is 10.2. The van der Waals surface area contributed by atoms with E-state index in [4.69, 9.17) is 5.11 Å². The molecule has 0 heterocycles. The molecule has 0 fully saturated rings. The number of hydrogen-bond donors (Lipinski definition) is 2. The summed E-state index contributed by atoms with van der Waals surface area (Å²) in [6.45, 7) is 1.95. The maximum atomic E-state index is 12.2. The van der Waals surface area contributed by atoms with Gasteiger partial charge < -0.3 is 10.4 Å². The van der Waals surface area contributed by atoms with Crippen LogP contribution in [0.3, 0.4) is 0 Å². The summed E-state index contributed by atoms with van der Waals surface area (Å²) in [6.07, 6.45) is 0. The van der Waals surface area contributed by atoms with Crippen molar-refractivity contribution >= 4 is 23.4 Å². The van der Waals surface area contributed by atoms with Gasteiger partial charge in [0, 0.05) is 18.4 Å². The fraction of sp³-hybridized carbons (Fsp3) is 0.125. The Hall–Kier alpha value is -2.82. The van der Waals surface area contributed by atoms with Crippen LogP contribution in [-0.4, -0.2) is 24.2 Å². The quantitative estimate of drug-likeness (QED) is 0.908. The molecular formula is C16H16N2O3. The number of aromatic carboxylic acids is 1. The van der Waals surface area contributed by atoms with E-state index in [0.717, 1.165) is 11.3 Å². The molecule has 0 aliphatic carbocycles. The van der Waals surface area contributed by atoms with Crippen LogP contribution in [-0.2, 0) is 0 Å². The van der Waals surface area contributed by atoms with Gasteiger partial charge in [0.1, 0.15) is 0 Å². The minimum atomic E-state index is -1.03. The summed E-state index contributed by atoms with van der Waals surface area (Å²) >= 11 is 0. The number of anilines is 2. The zero-order valence-electron chi connectivity index (χ0n) is 11.8. The fourth-order valence-electron chi connectivity index (χ4n) is 1.89. The van der Waals surface area contributed by atoms with Crippen LogP contribution < -0.4 is 10.2 Å². The lowest BCUT2D eigenvalue weighted by molar-refractivity contribution is 0.0697. The highest BCUT2D eigenvalue weighted by Gasteiger charge is 2.12. The van der Waals surface area contributed by atoms with Gasteiger partial charge in [-0.1, -0.05) is 18.2 Å². The predicted octanol–water partition coefficient (Wildman–Crippen LogP) is 3.36. The number of nitrogens with zero attached hydrogens (tertiary/aromatic N) is 1. The Bertz CT molecular complexity index is 683. The SMILES string of the molecule is Cc1cccc(N(C)C(=O)Nc2cccc(C(=O)O)c2)c1. The molecule has 0 radical (unpaired) electrons. The smallest absolute Gasteiger partial charge is 0.335 e. The number of rotatable bonds is 3. The third kappa shape index (κ3) is 3.60. The summed E-state index contributed by atoms with van der Waals surface area (Å²) in [5.41, 5.74) is 2.40. The van der Waals surface area contributed by atoms with Gasteiger partial charge in [0.25, 0.3) is 0 Å². The van der Waals surface area contributed by atoms with Gasteiger partial charge in [0.2, 0.25) is 0 Å². The number of benzene rings is 2. The first-order chi connectivity index (χ1) is 9.97. The van der Waals surface area contributed by atoms with Crippen molar-refractivity contribution < 1.29 is 14.7 Å². The molecule has 0 aliphatic heterocycles. The maximum Gasteiger partial charge on any atom is 0.335 e. The first kappa shape index (κ1) is 14.6. The number of carbonyl (C=O) groups excluding carboxylic acids is 1. The van der Waals surface area contributed by atoms with Gasteiger partial charge in [-0.2, -0.15) is 0 Å². The molecule has 21 heavy (non-hydrogen) atoms. The van der Waals surface area contributed by atoms with Crippen LogP contribution in [0.15, 0.2) is 48.5 Å². The van der Waals surface area contributed by atoms with E-state index < -0.39 is 5.97 Å². The van der Waals surface area contributed by atoms with E-state index in [1.165, 1.54) is 17.0 Å². The fourth-order valence-corrected chi connectivity index (χ4v) is 1.89. The van der Waals surface area contributed by atoms with Crippen molar-refractivity contribution in [1.29, 1.82) is 0 Å². The van der Waals surface area contributed by atoms with Crippen LogP contribution in [0.5, 0.6) is 0 Å². The van der Waals surface area contributed by atoms with Crippen molar-refractivity contribution in [2.45, 2.75) is 6.92 Å². The first-order valence-electron chi connectivity index (χ1n) is 6.42. The van der Waals surface area contributed by atoms with Crippen LogP contribution in [0.1, 0.15) is 15.9 Å². The number of hydrogen-bond acceptors (Lipinski definition) is 2. The Balaban J connectivity index is 2.14. The van der Waals surface area contributed by atoms with Crippen molar-refractivity contribution in [3.8, 4) is 0 Å². The van der Waals surface area contributed by atoms with Crippen LogP contribution in [0.2, 0.25) is 0 Å². The van der Waals surface area contributed by atoms with Crippen LogP contribution in [0.4, 0.5) is 16.2 Å². The second kappa shape index (κ2) is 6.09. The van der Waals surface area contributed by atoms with Crippen molar-refractivity contribution in [3.05, 3.63) is 59.7 Å². The molecule has 0 unspecified atom stereocenters. The van der Waals surface area contributed by atoms with E-state index in [1.807, 2.05) is 31.2 Å². The van der Waals surface area contributed by atoms with Crippen LogP contribution in [0, 0.1) is 6.92 Å². The highest BCUT2D eigenvalue weighted by Crippen LogP contribution is 2.17. The number of amides is 2. The van der Waals surface area contributed by atoms with Gasteiger partial charge in [-0.15, -0.1) is 0 Å². The molecule has 0 bridgehead atoms. The number of aryl methyl sites for hydroxylation is 1. The van der Waals surface area contributed by atoms with Gasteiger partial charge in [-0.3, -0.25) is 4.90 Å². The zero-order valence-corrected chi connectivity index (χ0v) is 11.8. The Morgan fingerprint density at radius 3 is 2.48 bits per heavy atom. The third-order valence-electron chi connectivity index (χ3n) is 3.05. The van der Waals surface area contributed by atoms with E-state index in [-0.39, 0.29) is 11.6 Å². The Kier molecular flexibility index (Phi) is 4.23. The van der Waals surface area contributed by atoms with Gasteiger partial charge in [-0.25, -0.2) is 9.59 Å². The predicted molar refractivity (Wildman–Crippen MR) is 82.0 cm³/mol. The minimum absolute atomic E-state index is 0.131. The Morgan fingerprint density at radius 2 is 1.81 bits per heavy atom. The van der Waals surface area contributed by atoms with Crippen molar-refractivity contribution in [2.75, 3.05) is 17.3 Å². The number of urea groups is 1. The Morgan fingerprint density at radius 1 is 1.10 bits per heavy atom. The Labute approximate surface area is 122 Å². The van der Waals surface area contributed by atoms with Crippen LogP contribution in [0.25, 0.3) is 0 Å². The standard InChI is InChI=1S/C16H16N2O3/c1-11-5-3-8-14(9-11)18(2)16(21)17-13-7-4-6-12(10-13)15(19)20/h3-10H,1-2H3,(H,17,21)(H,19,20). The van der Waals surface area contributed by atoms with Gasteiger partial charge >= 0.3 is 12.0 Å². The molecule has 5 nitrogen and oxygen atoms in total. The van der Waals surface area contributed by atoms with Crippen molar-refractivity contribution in [1.82, 2.24) is 0 Å². The van der Waals surface area contributed by atoms with Crippen LogP contribution >= 0.6 is 0 Å². The van der Waals surface area contributed by atoms with Crippen molar-refractivity contribution in [2.24, 2.45) is 0 Å². The summed E-state index contributed by atoms with van der Waals surface area (Å²) < 4.78 is 0. The molecule has 5 heteroatoms. The average Bonchev–Trinajstić information content (AvgIpc) is 2.46. The summed E-state index contributed by atoms with van der Waals surface area (Å²) in [7, 11) is 1.66. The van der Waals surface area contributed by atoms with Gasteiger partial charge in [0.15, 0.2) is 0 Å². The molecule has 2 aromatic carbocycles. The largest absolute Gasteiger partial charge is 0.478 e. The molecular weight excluding hydrogens is 268 g/mol. The molecule has 2 rings (SSSR count). The number of carboxylic acid groups (broad SMARTS) is 1. The average molecular weight is 284 g/mol. The number of carboxylic acids is 1. The lowest BCUT2D eigenvalue weighted by Gasteiger charge is -2.18. The normalized spacial score (nSPS) is 10.0. The highest BCUT2D eigenvalue weighted by atomic mass is 16.4. The van der Waals surface area contributed by atoms with Gasteiger partial charge in [-0.05, 0) is 42.8 Å². The number of carbonyl (C=O) groups is 2. The topological polar surface area (TPSA) is 69.6 Å². The second-order valence-electron chi connectivity index (χ2n) is 4.71.